The molecule has 1 aromatic rings. The van der Waals surface area contributed by atoms with Gasteiger partial charge in [0.15, 0.2) is 0 Å². The predicted molar refractivity (Wildman–Crippen MR) is 80.3 cm³/mol. The van der Waals surface area contributed by atoms with Crippen molar-refractivity contribution in [1.82, 2.24) is 15.2 Å². The highest BCUT2D eigenvalue weighted by Crippen LogP contribution is 2.23. The lowest BCUT2D eigenvalue weighted by Crippen LogP contribution is -2.32. The van der Waals surface area contributed by atoms with Crippen LogP contribution in [0.1, 0.15) is 31.4 Å². The standard InChI is InChI=1S/C16H27N3/c1-19(12-9-16-8-4-5-10-18-16)13-11-17-14-15-6-2-3-7-15/h4-5,8,10,15,17H,2-3,6-7,9,11-14H2,1H3. The van der Waals surface area contributed by atoms with Crippen LogP contribution in [0.5, 0.6) is 0 Å². The molecule has 3 heteroatoms. The highest BCUT2D eigenvalue weighted by molar-refractivity contribution is 5.03. The molecule has 0 aliphatic heterocycles. The van der Waals surface area contributed by atoms with Gasteiger partial charge in [0.25, 0.3) is 0 Å². The average Bonchev–Trinajstić information content (AvgIpc) is 2.96. The minimum absolute atomic E-state index is 0.943. The largest absolute Gasteiger partial charge is 0.315 e. The molecule has 1 N–H and O–H groups in total. The zero-order valence-corrected chi connectivity index (χ0v) is 12.1. The quantitative estimate of drug-likeness (QED) is 0.728. The van der Waals surface area contributed by atoms with E-state index in [4.69, 9.17) is 0 Å². The summed E-state index contributed by atoms with van der Waals surface area (Å²) in [5, 5.41) is 3.60. The fourth-order valence-electron chi connectivity index (χ4n) is 2.75. The molecule has 1 aliphatic rings. The van der Waals surface area contributed by atoms with Crippen molar-refractivity contribution in [2.45, 2.75) is 32.1 Å². The SMILES string of the molecule is CN(CCNCC1CCCC1)CCc1ccccn1. The van der Waals surface area contributed by atoms with Crippen LogP contribution in [-0.2, 0) is 6.42 Å². The Morgan fingerprint density at radius 3 is 2.84 bits per heavy atom. The van der Waals surface area contributed by atoms with Crippen LogP contribution in [0, 0.1) is 5.92 Å². The molecule has 1 aromatic heterocycles. The lowest BCUT2D eigenvalue weighted by molar-refractivity contribution is 0.329. The second-order valence-electron chi connectivity index (χ2n) is 5.73. The zero-order chi connectivity index (χ0) is 13.3. The number of likely N-dealkylation sites (N-methyl/N-ethyl adjacent to an activating group) is 1. The summed E-state index contributed by atoms with van der Waals surface area (Å²) in [7, 11) is 2.19. The number of rotatable bonds is 8. The second-order valence-corrected chi connectivity index (χ2v) is 5.73. The minimum atomic E-state index is 0.943. The summed E-state index contributed by atoms with van der Waals surface area (Å²) in [6.45, 7) is 4.53. The Morgan fingerprint density at radius 2 is 2.11 bits per heavy atom. The molecule has 2 rings (SSSR count). The van der Waals surface area contributed by atoms with Crippen molar-refractivity contribution in [3.63, 3.8) is 0 Å². The third kappa shape index (κ3) is 5.70. The highest BCUT2D eigenvalue weighted by Gasteiger charge is 2.13. The third-order valence-electron chi connectivity index (χ3n) is 4.05. The van der Waals surface area contributed by atoms with Crippen LogP contribution >= 0.6 is 0 Å². The van der Waals surface area contributed by atoms with Gasteiger partial charge in [-0.25, -0.2) is 0 Å². The molecule has 0 unspecified atom stereocenters. The van der Waals surface area contributed by atoms with Gasteiger partial charge in [-0.15, -0.1) is 0 Å². The highest BCUT2D eigenvalue weighted by atomic mass is 15.1. The Balaban J connectivity index is 1.51. The molecule has 3 nitrogen and oxygen atoms in total. The van der Waals surface area contributed by atoms with E-state index in [1.54, 1.807) is 0 Å². The van der Waals surface area contributed by atoms with E-state index in [-0.39, 0.29) is 0 Å². The molecular weight excluding hydrogens is 234 g/mol. The molecule has 0 bridgehead atoms. The van der Waals surface area contributed by atoms with Crippen LogP contribution in [0.15, 0.2) is 24.4 Å². The number of hydrogen-bond donors (Lipinski definition) is 1. The summed E-state index contributed by atoms with van der Waals surface area (Å²) >= 11 is 0. The van der Waals surface area contributed by atoms with Crippen molar-refractivity contribution >= 4 is 0 Å². The lowest BCUT2D eigenvalue weighted by Gasteiger charge is -2.17. The first-order chi connectivity index (χ1) is 9.34. The molecule has 0 aromatic carbocycles. The van der Waals surface area contributed by atoms with Crippen molar-refractivity contribution in [2.75, 3.05) is 33.2 Å². The third-order valence-corrected chi connectivity index (χ3v) is 4.05. The van der Waals surface area contributed by atoms with Crippen LogP contribution in [0.4, 0.5) is 0 Å². The first-order valence-corrected chi connectivity index (χ1v) is 7.64. The summed E-state index contributed by atoms with van der Waals surface area (Å²) in [5.41, 5.74) is 1.19. The summed E-state index contributed by atoms with van der Waals surface area (Å²) < 4.78 is 0. The van der Waals surface area contributed by atoms with Gasteiger partial charge in [-0.2, -0.15) is 0 Å². The monoisotopic (exact) mass is 261 g/mol. The fraction of sp³-hybridized carbons (Fsp3) is 0.688. The fourth-order valence-corrected chi connectivity index (χ4v) is 2.75. The molecule has 0 amide bonds. The number of nitrogens with zero attached hydrogens (tertiary/aromatic N) is 2. The van der Waals surface area contributed by atoms with Crippen molar-refractivity contribution in [3.8, 4) is 0 Å². The van der Waals surface area contributed by atoms with Gasteiger partial charge in [-0.05, 0) is 44.5 Å². The van der Waals surface area contributed by atoms with Gasteiger partial charge in [0.2, 0.25) is 0 Å². The van der Waals surface area contributed by atoms with E-state index in [1.807, 2.05) is 12.3 Å². The first-order valence-electron chi connectivity index (χ1n) is 7.64. The molecule has 1 aliphatic carbocycles. The molecule has 106 valence electrons. The predicted octanol–water partition coefficient (Wildman–Crippen LogP) is 2.34. The summed E-state index contributed by atoms with van der Waals surface area (Å²) in [6.07, 6.45) is 8.66. The molecule has 19 heavy (non-hydrogen) atoms. The molecule has 1 heterocycles. The normalized spacial score (nSPS) is 16.3. The lowest BCUT2D eigenvalue weighted by atomic mass is 10.1. The molecule has 0 saturated heterocycles. The second kappa shape index (κ2) is 8.28. The summed E-state index contributed by atoms with van der Waals surface area (Å²) in [6, 6.07) is 6.14. The first kappa shape index (κ1) is 14.5. The number of aromatic nitrogens is 1. The average molecular weight is 261 g/mol. The van der Waals surface area contributed by atoms with Gasteiger partial charge in [0, 0.05) is 37.9 Å². The minimum Gasteiger partial charge on any atom is -0.315 e. The summed E-state index contributed by atoms with van der Waals surface area (Å²) in [5.74, 6) is 0.943. The summed E-state index contributed by atoms with van der Waals surface area (Å²) in [4.78, 5) is 6.74. The maximum absolute atomic E-state index is 4.36. The maximum atomic E-state index is 4.36. The van der Waals surface area contributed by atoms with Gasteiger partial charge >= 0.3 is 0 Å². The Bertz CT molecular complexity index is 333. The van der Waals surface area contributed by atoms with E-state index in [0.29, 0.717) is 0 Å². The molecule has 1 saturated carbocycles. The van der Waals surface area contributed by atoms with E-state index in [2.05, 4.69) is 34.4 Å². The topological polar surface area (TPSA) is 28.2 Å². The van der Waals surface area contributed by atoms with Crippen molar-refractivity contribution in [1.29, 1.82) is 0 Å². The number of hydrogen-bond acceptors (Lipinski definition) is 3. The Kier molecular flexibility index (Phi) is 6.31. The molecular formula is C16H27N3. The van der Waals surface area contributed by atoms with Crippen LogP contribution in [0.25, 0.3) is 0 Å². The molecule has 0 radical (unpaired) electrons. The van der Waals surface area contributed by atoms with Gasteiger partial charge < -0.3 is 10.2 Å². The van der Waals surface area contributed by atoms with E-state index >= 15 is 0 Å². The molecule has 1 fully saturated rings. The van der Waals surface area contributed by atoms with Gasteiger partial charge in [0.1, 0.15) is 0 Å². The zero-order valence-electron chi connectivity index (χ0n) is 12.1. The van der Waals surface area contributed by atoms with Gasteiger partial charge in [0.05, 0.1) is 0 Å². The van der Waals surface area contributed by atoms with Crippen LogP contribution in [0.2, 0.25) is 0 Å². The van der Waals surface area contributed by atoms with Gasteiger partial charge in [-0.3, -0.25) is 4.98 Å². The van der Waals surface area contributed by atoms with E-state index in [1.165, 1.54) is 37.9 Å². The van der Waals surface area contributed by atoms with Crippen LogP contribution in [-0.4, -0.2) is 43.1 Å². The number of pyridine rings is 1. The van der Waals surface area contributed by atoms with Crippen LogP contribution < -0.4 is 5.32 Å². The number of nitrogens with one attached hydrogen (secondary N) is 1. The van der Waals surface area contributed by atoms with E-state index in [9.17, 15) is 0 Å². The Labute approximate surface area is 117 Å². The van der Waals surface area contributed by atoms with E-state index in [0.717, 1.165) is 32.0 Å². The van der Waals surface area contributed by atoms with Crippen LogP contribution in [0.3, 0.4) is 0 Å². The molecule has 0 spiro atoms. The smallest absolute Gasteiger partial charge is 0.0416 e. The Morgan fingerprint density at radius 1 is 1.26 bits per heavy atom. The van der Waals surface area contributed by atoms with Crippen molar-refractivity contribution in [3.05, 3.63) is 30.1 Å². The van der Waals surface area contributed by atoms with Crippen molar-refractivity contribution in [2.24, 2.45) is 5.92 Å². The van der Waals surface area contributed by atoms with E-state index < -0.39 is 0 Å². The maximum Gasteiger partial charge on any atom is 0.0416 e. The van der Waals surface area contributed by atoms with Crippen molar-refractivity contribution < 1.29 is 0 Å². The molecule has 0 atom stereocenters. The van der Waals surface area contributed by atoms with Gasteiger partial charge in [-0.1, -0.05) is 18.9 Å². The Hall–Kier alpha value is -0.930.